The van der Waals surface area contributed by atoms with E-state index in [1.165, 1.54) is 5.57 Å². The van der Waals surface area contributed by atoms with Gasteiger partial charge in [-0.1, -0.05) is 11.6 Å². The summed E-state index contributed by atoms with van der Waals surface area (Å²) in [5.41, 5.74) is 3.77. The second-order valence-corrected chi connectivity index (χ2v) is 5.04. The number of rotatable bonds is 3. The predicted octanol–water partition coefficient (Wildman–Crippen LogP) is 3.49. The smallest absolute Gasteiger partial charge is 0.251 e. The molecule has 2 rings (SSSR count). The molecule has 19 heavy (non-hydrogen) atoms. The molecule has 1 N–H and O–H groups in total. The number of ether oxygens (including phenoxy) is 1. The molecule has 0 aliphatic heterocycles. The van der Waals surface area contributed by atoms with Crippen molar-refractivity contribution in [3.05, 3.63) is 51.3 Å². The van der Waals surface area contributed by atoms with Crippen LogP contribution < -0.4 is 10.3 Å². The fourth-order valence-electron chi connectivity index (χ4n) is 1.94. The van der Waals surface area contributed by atoms with E-state index in [1.807, 2.05) is 45.0 Å². The first-order valence-corrected chi connectivity index (χ1v) is 6.38. The molecule has 3 nitrogen and oxygen atoms in total. The van der Waals surface area contributed by atoms with Gasteiger partial charge in [-0.2, -0.15) is 0 Å². The topological polar surface area (TPSA) is 42.1 Å². The number of aryl methyl sites for hydroxylation is 2. The molecule has 1 heterocycles. The van der Waals surface area contributed by atoms with Crippen molar-refractivity contribution in [3.8, 4) is 5.75 Å². The Morgan fingerprint density at radius 1 is 1.26 bits per heavy atom. The Balaban J connectivity index is 2.50. The van der Waals surface area contributed by atoms with Gasteiger partial charge >= 0.3 is 0 Å². The van der Waals surface area contributed by atoms with Crippen LogP contribution in [0.5, 0.6) is 5.75 Å². The maximum atomic E-state index is 11.7. The molecule has 2 aromatic rings. The lowest BCUT2D eigenvalue weighted by Gasteiger charge is -2.10. The molecule has 0 saturated heterocycles. The predicted molar refractivity (Wildman–Crippen MR) is 79.0 cm³/mol. The fourth-order valence-corrected chi connectivity index (χ4v) is 1.94. The Bertz CT molecular complexity index is 692. The van der Waals surface area contributed by atoms with Gasteiger partial charge in [-0.15, -0.1) is 0 Å². The minimum Gasteiger partial charge on any atom is -0.489 e. The zero-order valence-electron chi connectivity index (χ0n) is 11.8. The summed E-state index contributed by atoms with van der Waals surface area (Å²) < 4.78 is 5.78. The number of benzene rings is 1. The van der Waals surface area contributed by atoms with E-state index >= 15 is 0 Å². The molecular weight excluding hydrogens is 238 g/mol. The van der Waals surface area contributed by atoms with E-state index in [4.69, 9.17) is 4.74 Å². The van der Waals surface area contributed by atoms with E-state index in [0.29, 0.717) is 12.2 Å². The highest BCUT2D eigenvalue weighted by molar-refractivity contribution is 5.88. The van der Waals surface area contributed by atoms with Crippen LogP contribution in [0.2, 0.25) is 0 Å². The molecule has 0 spiro atoms. The van der Waals surface area contributed by atoms with Crippen LogP contribution in [0.25, 0.3) is 10.9 Å². The molecule has 0 aliphatic carbocycles. The van der Waals surface area contributed by atoms with Crippen LogP contribution in [0.3, 0.4) is 0 Å². The Labute approximate surface area is 112 Å². The van der Waals surface area contributed by atoms with Crippen molar-refractivity contribution in [3.63, 3.8) is 0 Å². The minimum absolute atomic E-state index is 0.0444. The van der Waals surface area contributed by atoms with E-state index in [0.717, 1.165) is 22.2 Å². The molecule has 0 unspecified atom stereocenters. The second kappa shape index (κ2) is 5.31. The van der Waals surface area contributed by atoms with Gasteiger partial charge in [-0.05, 0) is 51.5 Å². The zero-order chi connectivity index (χ0) is 14.0. The zero-order valence-corrected chi connectivity index (χ0v) is 11.8. The third kappa shape index (κ3) is 2.87. The molecule has 0 amide bonds. The van der Waals surface area contributed by atoms with Gasteiger partial charge in [-0.25, -0.2) is 0 Å². The van der Waals surface area contributed by atoms with Crippen LogP contribution in [0, 0.1) is 13.8 Å². The summed E-state index contributed by atoms with van der Waals surface area (Å²) in [4.78, 5) is 14.6. The number of nitrogens with one attached hydrogen (secondary N) is 1. The first kappa shape index (κ1) is 13.4. The lowest BCUT2D eigenvalue weighted by Crippen LogP contribution is -2.09. The highest BCUT2D eigenvalue weighted by Gasteiger charge is 2.07. The number of hydrogen-bond donors (Lipinski definition) is 1. The fraction of sp³-hybridized carbons (Fsp3) is 0.312. The quantitative estimate of drug-likeness (QED) is 0.855. The van der Waals surface area contributed by atoms with Gasteiger partial charge in [0.15, 0.2) is 0 Å². The molecule has 0 atom stereocenters. The minimum atomic E-state index is -0.0444. The Hall–Kier alpha value is -2.03. The monoisotopic (exact) mass is 257 g/mol. The number of H-pyrrole nitrogens is 1. The third-order valence-corrected chi connectivity index (χ3v) is 3.10. The van der Waals surface area contributed by atoms with Crippen LogP contribution in [-0.4, -0.2) is 11.6 Å². The number of hydrogen-bond acceptors (Lipinski definition) is 2. The number of fused-ring (bicyclic) bond motifs is 1. The van der Waals surface area contributed by atoms with Gasteiger partial charge in [0.05, 0.1) is 5.52 Å². The average molecular weight is 257 g/mol. The molecule has 0 fully saturated rings. The van der Waals surface area contributed by atoms with Crippen molar-refractivity contribution in [1.29, 1.82) is 0 Å². The molecule has 1 aromatic heterocycles. The van der Waals surface area contributed by atoms with Gasteiger partial charge in [-0.3, -0.25) is 4.79 Å². The van der Waals surface area contributed by atoms with Gasteiger partial charge in [0, 0.05) is 10.9 Å². The first-order valence-electron chi connectivity index (χ1n) is 6.38. The van der Waals surface area contributed by atoms with Gasteiger partial charge < -0.3 is 9.72 Å². The number of aromatic amines is 1. The SMILES string of the molecule is CC(C)=CCOc1ccc(C)c2[nH]c(=O)c(C)cc12. The molecular formula is C16H19NO2. The van der Waals surface area contributed by atoms with Crippen molar-refractivity contribution in [2.45, 2.75) is 27.7 Å². The summed E-state index contributed by atoms with van der Waals surface area (Å²) >= 11 is 0. The van der Waals surface area contributed by atoms with Gasteiger partial charge in [0.1, 0.15) is 12.4 Å². The summed E-state index contributed by atoms with van der Waals surface area (Å²) in [7, 11) is 0. The second-order valence-electron chi connectivity index (χ2n) is 5.04. The summed E-state index contributed by atoms with van der Waals surface area (Å²) in [6.45, 7) is 8.41. The molecule has 1 aromatic carbocycles. The van der Waals surface area contributed by atoms with Crippen molar-refractivity contribution in [2.24, 2.45) is 0 Å². The Kier molecular flexibility index (Phi) is 3.74. The van der Waals surface area contributed by atoms with Crippen LogP contribution >= 0.6 is 0 Å². The van der Waals surface area contributed by atoms with Gasteiger partial charge in [0.25, 0.3) is 5.56 Å². The van der Waals surface area contributed by atoms with E-state index in [1.54, 1.807) is 6.92 Å². The molecule has 0 saturated carbocycles. The molecule has 0 aliphatic rings. The highest BCUT2D eigenvalue weighted by Crippen LogP contribution is 2.26. The number of aromatic nitrogens is 1. The van der Waals surface area contributed by atoms with Crippen LogP contribution in [0.15, 0.2) is 34.6 Å². The third-order valence-electron chi connectivity index (χ3n) is 3.10. The van der Waals surface area contributed by atoms with E-state index in [2.05, 4.69) is 4.98 Å². The summed E-state index contributed by atoms with van der Waals surface area (Å²) in [5, 5.41) is 0.958. The molecule has 0 bridgehead atoms. The highest BCUT2D eigenvalue weighted by atomic mass is 16.5. The summed E-state index contributed by atoms with van der Waals surface area (Å²) in [5.74, 6) is 0.803. The lowest BCUT2D eigenvalue weighted by atomic mass is 10.1. The van der Waals surface area contributed by atoms with Crippen molar-refractivity contribution < 1.29 is 4.74 Å². The number of pyridine rings is 1. The van der Waals surface area contributed by atoms with E-state index in [9.17, 15) is 4.79 Å². The van der Waals surface area contributed by atoms with Crippen molar-refractivity contribution in [2.75, 3.05) is 6.61 Å². The number of allylic oxidation sites excluding steroid dienone is 1. The van der Waals surface area contributed by atoms with Crippen LogP contribution in [-0.2, 0) is 0 Å². The maximum Gasteiger partial charge on any atom is 0.251 e. The summed E-state index contributed by atoms with van der Waals surface area (Å²) in [6, 6.07) is 5.80. The van der Waals surface area contributed by atoms with Crippen LogP contribution in [0.4, 0.5) is 0 Å². The Morgan fingerprint density at radius 3 is 2.68 bits per heavy atom. The molecule has 0 radical (unpaired) electrons. The van der Waals surface area contributed by atoms with Crippen LogP contribution in [0.1, 0.15) is 25.0 Å². The van der Waals surface area contributed by atoms with Crippen molar-refractivity contribution in [1.82, 2.24) is 4.98 Å². The largest absolute Gasteiger partial charge is 0.489 e. The normalized spacial score (nSPS) is 10.5. The summed E-state index contributed by atoms with van der Waals surface area (Å²) in [6.07, 6.45) is 2.03. The Morgan fingerprint density at radius 2 is 2.00 bits per heavy atom. The standard InChI is InChI=1S/C16H19NO2/c1-10(2)7-8-19-14-6-5-11(3)15-13(14)9-12(4)16(18)17-15/h5-7,9H,8H2,1-4H3,(H,17,18). The first-order chi connectivity index (χ1) is 8.99. The van der Waals surface area contributed by atoms with E-state index in [-0.39, 0.29) is 5.56 Å². The average Bonchev–Trinajstić information content (AvgIpc) is 2.34. The lowest BCUT2D eigenvalue weighted by molar-refractivity contribution is 0.366. The molecule has 100 valence electrons. The van der Waals surface area contributed by atoms with Crippen molar-refractivity contribution >= 4 is 10.9 Å². The van der Waals surface area contributed by atoms with Gasteiger partial charge in [0.2, 0.25) is 0 Å². The molecule has 3 heteroatoms. The maximum absolute atomic E-state index is 11.7. The van der Waals surface area contributed by atoms with E-state index < -0.39 is 0 Å².